The fourth-order valence-electron chi connectivity index (χ4n) is 2.84. The topological polar surface area (TPSA) is 84.9 Å². The number of ether oxygens (including phenoxy) is 2. The summed E-state index contributed by atoms with van der Waals surface area (Å²) in [5.41, 5.74) is 1.46. The number of para-hydroxylation sites is 2. The van der Waals surface area contributed by atoms with Gasteiger partial charge < -0.3 is 14.8 Å². The predicted octanol–water partition coefficient (Wildman–Crippen LogP) is 3.25. The molecule has 1 heterocycles. The zero-order valence-electron chi connectivity index (χ0n) is 16.5. The van der Waals surface area contributed by atoms with Crippen LogP contribution in [0, 0.1) is 5.92 Å². The second-order valence-corrected chi connectivity index (χ2v) is 7.18. The summed E-state index contributed by atoms with van der Waals surface area (Å²) in [5, 5.41) is 2.71. The molecule has 0 atom stereocenters. The first kappa shape index (κ1) is 20.4. The van der Waals surface area contributed by atoms with E-state index in [2.05, 4.69) is 19.2 Å². The van der Waals surface area contributed by atoms with Crippen LogP contribution < -0.4 is 15.0 Å². The average molecular weight is 396 g/mol. The van der Waals surface area contributed by atoms with Crippen molar-refractivity contribution in [2.24, 2.45) is 5.92 Å². The molecule has 0 aliphatic carbocycles. The van der Waals surface area contributed by atoms with Crippen LogP contribution in [-0.4, -0.2) is 37.5 Å². The van der Waals surface area contributed by atoms with Crippen LogP contribution >= 0.6 is 0 Å². The van der Waals surface area contributed by atoms with Crippen LogP contribution in [0.5, 0.6) is 5.75 Å². The minimum Gasteiger partial charge on any atom is -0.494 e. The Labute approximate surface area is 169 Å². The molecule has 3 rings (SSSR count). The summed E-state index contributed by atoms with van der Waals surface area (Å²) in [6.45, 7) is 4.29. The lowest BCUT2D eigenvalue weighted by molar-refractivity contribution is -0.124. The number of hydrogen-bond donors (Lipinski definition) is 1. The molecule has 0 aromatic heterocycles. The van der Waals surface area contributed by atoms with Crippen LogP contribution in [0.1, 0.15) is 30.6 Å². The molecule has 0 unspecified atom stereocenters. The lowest BCUT2D eigenvalue weighted by Gasteiger charge is -2.28. The van der Waals surface area contributed by atoms with Crippen LogP contribution in [0.4, 0.5) is 11.4 Å². The van der Waals surface area contributed by atoms with E-state index in [4.69, 9.17) is 9.47 Å². The SMILES string of the molecule is CC(C)CCOc1ccc(C(=O)OCC(=O)N2CC(=O)Nc3ccccc32)cc1. The van der Waals surface area contributed by atoms with E-state index in [1.807, 2.05) is 0 Å². The molecule has 2 amide bonds. The van der Waals surface area contributed by atoms with Crippen LogP contribution in [0.25, 0.3) is 0 Å². The fraction of sp³-hybridized carbons (Fsp3) is 0.318. The molecule has 7 heteroatoms. The van der Waals surface area contributed by atoms with Crippen LogP contribution in [0.15, 0.2) is 48.5 Å². The maximum absolute atomic E-state index is 12.5. The highest BCUT2D eigenvalue weighted by Gasteiger charge is 2.27. The molecule has 7 nitrogen and oxygen atoms in total. The number of benzene rings is 2. The van der Waals surface area contributed by atoms with Crippen molar-refractivity contribution in [1.29, 1.82) is 0 Å². The summed E-state index contributed by atoms with van der Waals surface area (Å²) >= 11 is 0. The van der Waals surface area contributed by atoms with Gasteiger partial charge in [-0.05, 0) is 48.7 Å². The van der Waals surface area contributed by atoms with Crippen molar-refractivity contribution >= 4 is 29.2 Å². The van der Waals surface area contributed by atoms with Crippen molar-refractivity contribution in [3.63, 3.8) is 0 Å². The number of carbonyl (C=O) groups is 3. The van der Waals surface area contributed by atoms with Gasteiger partial charge >= 0.3 is 5.97 Å². The van der Waals surface area contributed by atoms with Gasteiger partial charge in [-0.15, -0.1) is 0 Å². The number of amides is 2. The zero-order chi connectivity index (χ0) is 20.8. The molecule has 0 radical (unpaired) electrons. The first-order chi connectivity index (χ1) is 13.9. The number of esters is 1. The highest BCUT2D eigenvalue weighted by Crippen LogP contribution is 2.28. The second kappa shape index (κ2) is 9.23. The molecular formula is C22H24N2O5. The fourth-order valence-corrected chi connectivity index (χ4v) is 2.84. The first-order valence-electron chi connectivity index (χ1n) is 9.53. The molecule has 29 heavy (non-hydrogen) atoms. The van der Waals surface area contributed by atoms with E-state index in [9.17, 15) is 14.4 Å². The van der Waals surface area contributed by atoms with Crippen molar-refractivity contribution in [2.45, 2.75) is 20.3 Å². The summed E-state index contributed by atoms with van der Waals surface area (Å²) in [5.74, 6) is -0.138. The number of rotatable bonds is 7. The maximum Gasteiger partial charge on any atom is 0.338 e. The van der Waals surface area contributed by atoms with Crippen LogP contribution in [0.3, 0.4) is 0 Å². The number of anilines is 2. The zero-order valence-corrected chi connectivity index (χ0v) is 16.5. The van der Waals surface area contributed by atoms with E-state index in [1.165, 1.54) is 4.90 Å². The van der Waals surface area contributed by atoms with Gasteiger partial charge in [-0.25, -0.2) is 4.79 Å². The number of nitrogens with one attached hydrogen (secondary N) is 1. The van der Waals surface area contributed by atoms with Crippen LogP contribution in [-0.2, 0) is 14.3 Å². The quantitative estimate of drug-likeness (QED) is 0.726. The molecule has 1 aliphatic rings. The third kappa shape index (κ3) is 5.34. The Morgan fingerprint density at radius 1 is 1.10 bits per heavy atom. The van der Waals surface area contributed by atoms with Crippen LogP contribution in [0.2, 0.25) is 0 Å². The van der Waals surface area contributed by atoms with Gasteiger partial charge in [-0.2, -0.15) is 0 Å². The molecule has 0 saturated heterocycles. The standard InChI is InChI=1S/C22H24N2O5/c1-15(2)11-12-28-17-9-7-16(8-10-17)22(27)29-14-21(26)24-13-20(25)23-18-5-3-4-6-19(18)24/h3-10,15H,11-14H2,1-2H3,(H,23,25). The lowest BCUT2D eigenvalue weighted by atomic mass is 10.1. The Hall–Kier alpha value is -3.35. The summed E-state index contributed by atoms with van der Waals surface area (Å²) in [6, 6.07) is 13.6. The third-order valence-corrected chi connectivity index (χ3v) is 4.45. The molecule has 152 valence electrons. The Bertz CT molecular complexity index is 892. The van der Waals surface area contributed by atoms with Gasteiger partial charge in [0.1, 0.15) is 12.3 Å². The largest absolute Gasteiger partial charge is 0.494 e. The van der Waals surface area contributed by atoms with Crippen molar-refractivity contribution in [3.8, 4) is 5.75 Å². The minimum absolute atomic E-state index is 0.115. The summed E-state index contributed by atoms with van der Waals surface area (Å²) in [6.07, 6.45) is 0.948. The van der Waals surface area contributed by atoms with E-state index in [-0.39, 0.29) is 12.5 Å². The van der Waals surface area contributed by atoms with Gasteiger partial charge in [0.15, 0.2) is 6.61 Å². The molecule has 2 aromatic carbocycles. The van der Waals surface area contributed by atoms with Gasteiger partial charge in [0.2, 0.25) is 5.91 Å². The summed E-state index contributed by atoms with van der Waals surface area (Å²) in [4.78, 5) is 37.9. The van der Waals surface area contributed by atoms with Gasteiger partial charge in [-0.3, -0.25) is 14.5 Å². The van der Waals surface area contributed by atoms with Gasteiger partial charge in [0, 0.05) is 0 Å². The molecule has 0 fully saturated rings. The maximum atomic E-state index is 12.5. The number of carbonyl (C=O) groups excluding carboxylic acids is 3. The summed E-state index contributed by atoms with van der Waals surface area (Å²) in [7, 11) is 0. The molecule has 1 N–H and O–H groups in total. The molecule has 0 saturated carbocycles. The van der Waals surface area contributed by atoms with Crippen molar-refractivity contribution < 1.29 is 23.9 Å². The Balaban J connectivity index is 1.55. The Morgan fingerprint density at radius 2 is 1.83 bits per heavy atom. The van der Waals surface area contributed by atoms with Crippen molar-refractivity contribution in [2.75, 3.05) is 30.0 Å². The lowest BCUT2D eigenvalue weighted by Crippen LogP contribution is -2.44. The van der Waals surface area contributed by atoms with E-state index >= 15 is 0 Å². The molecule has 0 bridgehead atoms. The average Bonchev–Trinajstić information content (AvgIpc) is 2.71. The molecular weight excluding hydrogens is 372 g/mol. The third-order valence-electron chi connectivity index (χ3n) is 4.45. The van der Waals surface area contributed by atoms with E-state index in [0.29, 0.717) is 35.2 Å². The number of hydrogen-bond acceptors (Lipinski definition) is 5. The smallest absolute Gasteiger partial charge is 0.338 e. The van der Waals surface area contributed by atoms with Gasteiger partial charge in [-0.1, -0.05) is 26.0 Å². The Kier molecular flexibility index (Phi) is 6.49. The minimum atomic E-state index is -0.609. The monoisotopic (exact) mass is 396 g/mol. The molecule has 2 aromatic rings. The molecule has 1 aliphatic heterocycles. The Morgan fingerprint density at radius 3 is 2.55 bits per heavy atom. The van der Waals surface area contributed by atoms with Gasteiger partial charge in [0.25, 0.3) is 5.91 Å². The highest BCUT2D eigenvalue weighted by molar-refractivity contribution is 6.10. The van der Waals surface area contributed by atoms with E-state index in [1.54, 1.807) is 48.5 Å². The van der Waals surface area contributed by atoms with Crippen molar-refractivity contribution in [1.82, 2.24) is 0 Å². The second-order valence-electron chi connectivity index (χ2n) is 7.18. The highest BCUT2D eigenvalue weighted by atomic mass is 16.5. The number of fused-ring (bicyclic) bond motifs is 1. The van der Waals surface area contributed by atoms with E-state index in [0.717, 1.165) is 6.42 Å². The first-order valence-corrected chi connectivity index (χ1v) is 9.53. The van der Waals surface area contributed by atoms with E-state index < -0.39 is 18.5 Å². The normalized spacial score (nSPS) is 12.9. The number of nitrogens with zero attached hydrogens (tertiary/aromatic N) is 1. The van der Waals surface area contributed by atoms with Crippen molar-refractivity contribution in [3.05, 3.63) is 54.1 Å². The van der Waals surface area contributed by atoms with Gasteiger partial charge in [0.05, 0.1) is 23.5 Å². The summed E-state index contributed by atoms with van der Waals surface area (Å²) < 4.78 is 10.8. The predicted molar refractivity (Wildman–Crippen MR) is 109 cm³/mol. The molecule has 0 spiro atoms.